The van der Waals surface area contributed by atoms with Crippen LogP contribution >= 0.6 is 0 Å². The van der Waals surface area contributed by atoms with Gasteiger partial charge in [0.1, 0.15) is 4.90 Å². The molecule has 2 rings (SSSR count). The Morgan fingerprint density at radius 2 is 2.15 bits per heavy atom. The monoisotopic (exact) mass is 297 g/mol. The highest BCUT2D eigenvalue weighted by Crippen LogP contribution is 2.06. The van der Waals surface area contributed by atoms with Gasteiger partial charge in [0.2, 0.25) is 10.0 Å². The highest BCUT2D eigenvalue weighted by molar-refractivity contribution is 7.89. The molecule has 0 bridgehead atoms. The van der Waals surface area contributed by atoms with Crippen LogP contribution in [0, 0.1) is 6.92 Å². The highest BCUT2D eigenvalue weighted by Gasteiger charge is 2.15. The fourth-order valence-corrected chi connectivity index (χ4v) is 2.80. The van der Waals surface area contributed by atoms with Crippen LogP contribution in [0.15, 0.2) is 29.6 Å². The Morgan fingerprint density at radius 1 is 1.35 bits per heavy atom. The summed E-state index contributed by atoms with van der Waals surface area (Å²) in [7, 11) is -3.46. The summed E-state index contributed by atoms with van der Waals surface area (Å²) < 4.78 is 29.9. The first-order valence-electron chi connectivity index (χ1n) is 6.53. The van der Waals surface area contributed by atoms with E-state index < -0.39 is 10.0 Å². The molecule has 0 unspecified atom stereocenters. The van der Waals surface area contributed by atoms with Crippen molar-refractivity contribution in [2.24, 2.45) is 0 Å². The van der Waals surface area contributed by atoms with Crippen molar-refractivity contribution in [3.63, 3.8) is 0 Å². The summed E-state index contributed by atoms with van der Waals surface area (Å²) in [6, 6.07) is 1.92. The maximum absolute atomic E-state index is 12.0. The molecule has 7 nitrogen and oxygen atoms in total. The molecule has 0 fully saturated rings. The van der Waals surface area contributed by atoms with E-state index in [2.05, 4.69) is 14.9 Å². The SMILES string of the molecule is CCn1cc(S(=O)(=O)NCCCn2ccc(C)n2)cn1. The van der Waals surface area contributed by atoms with Crippen LogP contribution < -0.4 is 4.72 Å². The van der Waals surface area contributed by atoms with Gasteiger partial charge in [0, 0.05) is 32.0 Å². The summed E-state index contributed by atoms with van der Waals surface area (Å²) in [6.45, 7) is 5.53. The van der Waals surface area contributed by atoms with Crippen molar-refractivity contribution in [3.8, 4) is 0 Å². The largest absolute Gasteiger partial charge is 0.272 e. The minimum atomic E-state index is -3.46. The molecule has 0 saturated carbocycles. The fourth-order valence-electron chi connectivity index (χ4n) is 1.77. The second kappa shape index (κ2) is 6.19. The van der Waals surface area contributed by atoms with Gasteiger partial charge in [-0.25, -0.2) is 13.1 Å². The highest BCUT2D eigenvalue weighted by atomic mass is 32.2. The van der Waals surface area contributed by atoms with Crippen molar-refractivity contribution >= 4 is 10.0 Å². The van der Waals surface area contributed by atoms with Gasteiger partial charge < -0.3 is 0 Å². The van der Waals surface area contributed by atoms with E-state index in [0.717, 1.165) is 5.69 Å². The van der Waals surface area contributed by atoms with Gasteiger partial charge in [-0.15, -0.1) is 0 Å². The molecule has 0 atom stereocenters. The second-order valence-electron chi connectivity index (χ2n) is 4.50. The van der Waals surface area contributed by atoms with E-state index in [0.29, 0.717) is 26.1 Å². The molecule has 0 saturated heterocycles. The first kappa shape index (κ1) is 14.7. The summed E-state index contributed by atoms with van der Waals surface area (Å²) in [4.78, 5) is 0.203. The zero-order chi connectivity index (χ0) is 14.6. The minimum absolute atomic E-state index is 0.203. The minimum Gasteiger partial charge on any atom is -0.272 e. The van der Waals surface area contributed by atoms with E-state index in [4.69, 9.17) is 0 Å². The Bertz CT molecular complexity index is 659. The Morgan fingerprint density at radius 3 is 2.75 bits per heavy atom. The van der Waals surface area contributed by atoms with Crippen LogP contribution in [0.4, 0.5) is 0 Å². The van der Waals surface area contributed by atoms with Crippen molar-refractivity contribution in [3.05, 3.63) is 30.4 Å². The molecule has 1 N–H and O–H groups in total. The Hall–Kier alpha value is -1.67. The number of sulfonamides is 1. The number of nitrogens with zero attached hydrogens (tertiary/aromatic N) is 4. The lowest BCUT2D eigenvalue weighted by Crippen LogP contribution is -2.25. The smallest absolute Gasteiger partial charge is 0.243 e. The normalized spacial score (nSPS) is 11.9. The number of aromatic nitrogens is 4. The Balaban J connectivity index is 1.83. The third kappa shape index (κ3) is 3.67. The fraction of sp³-hybridized carbons (Fsp3) is 0.500. The molecule has 0 aliphatic carbocycles. The predicted molar refractivity (Wildman–Crippen MR) is 74.7 cm³/mol. The standard InChI is InChI=1S/C12H19N5O2S/c1-3-16-10-12(9-13-16)20(18,19)14-6-4-7-17-8-5-11(2)15-17/h5,8-10,14H,3-4,6-7H2,1-2H3. The van der Waals surface area contributed by atoms with Crippen molar-refractivity contribution in [1.29, 1.82) is 0 Å². The van der Waals surface area contributed by atoms with E-state index in [1.165, 1.54) is 12.4 Å². The molecule has 110 valence electrons. The number of nitrogens with one attached hydrogen (secondary N) is 1. The lowest BCUT2D eigenvalue weighted by Gasteiger charge is -2.05. The van der Waals surface area contributed by atoms with Crippen LogP contribution in [-0.4, -0.2) is 34.5 Å². The van der Waals surface area contributed by atoms with Gasteiger partial charge in [0.25, 0.3) is 0 Å². The zero-order valence-corrected chi connectivity index (χ0v) is 12.5. The summed E-state index contributed by atoms with van der Waals surface area (Å²) in [5.41, 5.74) is 0.956. The summed E-state index contributed by atoms with van der Waals surface area (Å²) >= 11 is 0. The number of hydrogen-bond acceptors (Lipinski definition) is 4. The van der Waals surface area contributed by atoms with Gasteiger partial charge in [-0.05, 0) is 26.3 Å². The quantitative estimate of drug-likeness (QED) is 0.766. The van der Waals surface area contributed by atoms with Crippen molar-refractivity contribution < 1.29 is 8.42 Å². The zero-order valence-electron chi connectivity index (χ0n) is 11.7. The van der Waals surface area contributed by atoms with Crippen LogP contribution in [0.25, 0.3) is 0 Å². The van der Waals surface area contributed by atoms with Crippen LogP contribution in [0.5, 0.6) is 0 Å². The molecule has 0 amide bonds. The van der Waals surface area contributed by atoms with E-state index in [-0.39, 0.29) is 4.90 Å². The lowest BCUT2D eigenvalue weighted by atomic mass is 10.4. The van der Waals surface area contributed by atoms with E-state index in [1.807, 2.05) is 26.1 Å². The number of hydrogen-bond donors (Lipinski definition) is 1. The molecule has 2 aromatic rings. The molecule has 20 heavy (non-hydrogen) atoms. The van der Waals surface area contributed by atoms with Crippen LogP contribution in [0.3, 0.4) is 0 Å². The van der Waals surface area contributed by atoms with Crippen molar-refractivity contribution in [2.45, 2.75) is 38.3 Å². The van der Waals surface area contributed by atoms with Gasteiger partial charge >= 0.3 is 0 Å². The van der Waals surface area contributed by atoms with Gasteiger partial charge in [0.15, 0.2) is 0 Å². The van der Waals surface area contributed by atoms with Crippen molar-refractivity contribution in [2.75, 3.05) is 6.54 Å². The third-order valence-corrected chi connectivity index (χ3v) is 4.29. The van der Waals surface area contributed by atoms with E-state index >= 15 is 0 Å². The first-order valence-corrected chi connectivity index (χ1v) is 8.02. The number of aryl methyl sites for hydroxylation is 3. The van der Waals surface area contributed by atoms with Crippen LogP contribution in [-0.2, 0) is 23.1 Å². The predicted octanol–water partition coefficient (Wildman–Crippen LogP) is 0.777. The molecule has 0 aliphatic rings. The van der Waals surface area contributed by atoms with Gasteiger partial charge in [-0.3, -0.25) is 9.36 Å². The Labute approximate surface area is 118 Å². The molecule has 0 spiro atoms. The number of rotatable bonds is 7. The van der Waals surface area contributed by atoms with E-state index in [1.54, 1.807) is 9.36 Å². The maximum atomic E-state index is 12.0. The molecule has 2 aromatic heterocycles. The van der Waals surface area contributed by atoms with Gasteiger partial charge in [0.05, 0.1) is 11.9 Å². The summed E-state index contributed by atoms with van der Waals surface area (Å²) in [6.07, 6.45) is 5.46. The summed E-state index contributed by atoms with van der Waals surface area (Å²) in [5, 5.41) is 8.21. The average Bonchev–Trinajstić information content (AvgIpc) is 3.03. The van der Waals surface area contributed by atoms with Crippen molar-refractivity contribution in [1.82, 2.24) is 24.3 Å². The maximum Gasteiger partial charge on any atom is 0.243 e. The third-order valence-electron chi connectivity index (χ3n) is 2.87. The van der Waals surface area contributed by atoms with Crippen LogP contribution in [0.2, 0.25) is 0 Å². The van der Waals surface area contributed by atoms with E-state index in [9.17, 15) is 8.42 Å². The van der Waals surface area contributed by atoms with Crippen LogP contribution in [0.1, 0.15) is 19.0 Å². The molecule has 0 radical (unpaired) electrons. The molecular weight excluding hydrogens is 278 g/mol. The first-order chi connectivity index (χ1) is 9.51. The molecule has 0 aromatic carbocycles. The van der Waals surface area contributed by atoms with Gasteiger partial charge in [-0.1, -0.05) is 0 Å². The molecule has 2 heterocycles. The average molecular weight is 297 g/mol. The molecule has 8 heteroatoms. The molecular formula is C12H19N5O2S. The molecule has 0 aliphatic heterocycles. The topological polar surface area (TPSA) is 81.8 Å². The second-order valence-corrected chi connectivity index (χ2v) is 6.27. The lowest BCUT2D eigenvalue weighted by molar-refractivity contribution is 0.551. The summed E-state index contributed by atoms with van der Waals surface area (Å²) in [5.74, 6) is 0. The van der Waals surface area contributed by atoms with Gasteiger partial charge in [-0.2, -0.15) is 10.2 Å². The Kier molecular flexibility index (Phi) is 4.56.